The van der Waals surface area contributed by atoms with Crippen LogP contribution < -0.4 is 21.3 Å². The minimum atomic E-state index is -0.499. The fourth-order valence-electron chi connectivity index (χ4n) is 2.29. The Morgan fingerprint density at radius 1 is 1.17 bits per heavy atom. The molecule has 1 amide bonds. The Labute approximate surface area is 131 Å². The van der Waals surface area contributed by atoms with Crippen molar-refractivity contribution < 1.29 is 9.53 Å². The third kappa shape index (κ3) is 2.87. The van der Waals surface area contributed by atoms with E-state index in [9.17, 15) is 9.59 Å². The Kier molecular flexibility index (Phi) is 3.72. The number of nitrogens with one attached hydrogen (secondary N) is 2. The maximum absolute atomic E-state index is 12.3. The molecule has 23 heavy (non-hydrogen) atoms. The maximum atomic E-state index is 12.3. The number of aromatic amines is 1. The van der Waals surface area contributed by atoms with Crippen LogP contribution in [0.25, 0.3) is 10.9 Å². The molecule has 0 spiro atoms. The summed E-state index contributed by atoms with van der Waals surface area (Å²) in [5.74, 6) is 0.181. The van der Waals surface area contributed by atoms with E-state index in [-0.39, 0.29) is 5.56 Å². The van der Waals surface area contributed by atoms with Gasteiger partial charge in [0.15, 0.2) is 0 Å². The molecule has 0 fully saturated rings. The van der Waals surface area contributed by atoms with E-state index in [1.54, 1.807) is 49.6 Å². The lowest BCUT2D eigenvalue weighted by molar-refractivity contribution is 0.102. The van der Waals surface area contributed by atoms with Crippen molar-refractivity contribution in [2.24, 2.45) is 0 Å². The molecule has 0 unspecified atom stereocenters. The zero-order valence-electron chi connectivity index (χ0n) is 12.4. The van der Waals surface area contributed by atoms with Crippen LogP contribution in [0.3, 0.4) is 0 Å². The van der Waals surface area contributed by atoms with Crippen molar-refractivity contribution in [1.29, 1.82) is 0 Å². The average molecular weight is 309 g/mol. The quantitative estimate of drug-likeness (QED) is 0.647. The molecule has 4 N–H and O–H groups in total. The molecule has 1 heterocycles. The van der Waals surface area contributed by atoms with Gasteiger partial charge in [-0.2, -0.15) is 0 Å². The van der Waals surface area contributed by atoms with E-state index in [1.165, 1.54) is 6.07 Å². The number of carbonyl (C=O) groups is 1. The second-order valence-corrected chi connectivity index (χ2v) is 5.00. The summed E-state index contributed by atoms with van der Waals surface area (Å²) in [5.41, 5.74) is 7.09. The van der Waals surface area contributed by atoms with Gasteiger partial charge in [-0.25, -0.2) is 0 Å². The Hall–Kier alpha value is -3.28. The van der Waals surface area contributed by atoms with Gasteiger partial charge in [-0.3, -0.25) is 9.59 Å². The van der Waals surface area contributed by atoms with Crippen LogP contribution in [0.1, 0.15) is 10.4 Å². The fourth-order valence-corrected chi connectivity index (χ4v) is 2.29. The lowest BCUT2D eigenvalue weighted by Crippen LogP contribution is -2.23. The van der Waals surface area contributed by atoms with Crippen LogP contribution in [0.15, 0.2) is 53.3 Å². The SMILES string of the molecule is COc1ccc(NC(=O)c2cc3c(N)cccc3[nH]c2=O)cc1. The molecule has 116 valence electrons. The smallest absolute Gasteiger partial charge is 0.261 e. The minimum Gasteiger partial charge on any atom is -0.497 e. The Bertz CT molecular complexity index is 930. The monoisotopic (exact) mass is 309 g/mol. The molecule has 1 aromatic heterocycles. The van der Waals surface area contributed by atoms with Crippen molar-refractivity contribution in [1.82, 2.24) is 4.98 Å². The van der Waals surface area contributed by atoms with E-state index in [0.29, 0.717) is 28.0 Å². The van der Waals surface area contributed by atoms with Crippen molar-refractivity contribution in [3.05, 3.63) is 64.4 Å². The first-order chi connectivity index (χ1) is 11.1. The van der Waals surface area contributed by atoms with Crippen molar-refractivity contribution >= 4 is 28.2 Å². The summed E-state index contributed by atoms with van der Waals surface area (Å²) in [7, 11) is 1.56. The summed E-state index contributed by atoms with van der Waals surface area (Å²) < 4.78 is 5.06. The molecule has 6 heteroatoms. The molecule has 0 saturated carbocycles. The molecule has 0 saturated heterocycles. The molecule has 6 nitrogen and oxygen atoms in total. The summed E-state index contributed by atoms with van der Waals surface area (Å²) in [5, 5.41) is 3.31. The van der Waals surface area contributed by atoms with E-state index in [0.717, 1.165) is 0 Å². The number of benzene rings is 2. The Morgan fingerprint density at radius 3 is 2.61 bits per heavy atom. The normalized spacial score (nSPS) is 10.5. The van der Waals surface area contributed by atoms with Crippen LogP contribution in [-0.4, -0.2) is 18.0 Å². The van der Waals surface area contributed by atoms with Crippen LogP contribution in [0.2, 0.25) is 0 Å². The van der Waals surface area contributed by atoms with Gasteiger partial charge in [-0.15, -0.1) is 0 Å². The number of ether oxygens (including phenoxy) is 1. The highest BCUT2D eigenvalue weighted by Gasteiger charge is 2.13. The molecule has 0 atom stereocenters. The van der Waals surface area contributed by atoms with Crippen LogP contribution >= 0.6 is 0 Å². The molecule has 0 bridgehead atoms. The second-order valence-electron chi connectivity index (χ2n) is 5.00. The van der Waals surface area contributed by atoms with Crippen LogP contribution in [0.5, 0.6) is 5.75 Å². The predicted molar refractivity (Wildman–Crippen MR) is 89.9 cm³/mol. The first kappa shape index (κ1) is 14.6. The maximum Gasteiger partial charge on any atom is 0.261 e. The van der Waals surface area contributed by atoms with Crippen molar-refractivity contribution in [2.75, 3.05) is 18.2 Å². The van der Waals surface area contributed by atoms with Gasteiger partial charge in [0, 0.05) is 16.8 Å². The number of fused-ring (bicyclic) bond motifs is 1. The second kappa shape index (κ2) is 5.84. The number of aromatic nitrogens is 1. The highest BCUT2D eigenvalue weighted by molar-refractivity contribution is 6.06. The van der Waals surface area contributed by atoms with Gasteiger partial charge in [0.05, 0.1) is 12.6 Å². The van der Waals surface area contributed by atoms with E-state index in [2.05, 4.69) is 10.3 Å². The highest BCUT2D eigenvalue weighted by Crippen LogP contribution is 2.19. The third-order valence-corrected chi connectivity index (χ3v) is 3.51. The van der Waals surface area contributed by atoms with Crippen molar-refractivity contribution in [3.8, 4) is 5.75 Å². The molecule has 0 aliphatic carbocycles. The van der Waals surface area contributed by atoms with Crippen molar-refractivity contribution in [2.45, 2.75) is 0 Å². The number of amides is 1. The molecule has 2 aromatic carbocycles. The fraction of sp³-hybridized carbons (Fsp3) is 0.0588. The Morgan fingerprint density at radius 2 is 1.91 bits per heavy atom. The molecule has 0 aliphatic heterocycles. The predicted octanol–water partition coefficient (Wildman–Crippen LogP) is 2.37. The van der Waals surface area contributed by atoms with Gasteiger partial charge in [0.2, 0.25) is 0 Å². The highest BCUT2D eigenvalue weighted by atomic mass is 16.5. The molecular formula is C17H15N3O3. The summed E-state index contributed by atoms with van der Waals surface area (Å²) in [6.45, 7) is 0. The standard InChI is InChI=1S/C17H15N3O3/c1-23-11-7-5-10(6-8-11)19-16(21)13-9-12-14(18)3-2-4-15(12)20-17(13)22/h2-9H,18H2,1H3,(H,19,21)(H,20,22). The zero-order chi connectivity index (χ0) is 16.4. The number of carbonyl (C=O) groups excluding carboxylic acids is 1. The molecule has 0 aliphatic rings. The van der Waals surface area contributed by atoms with Gasteiger partial charge in [-0.05, 0) is 42.5 Å². The number of nitrogens with two attached hydrogens (primary N) is 1. The first-order valence-electron chi connectivity index (χ1n) is 6.95. The molecule has 0 radical (unpaired) electrons. The average Bonchev–Trinajstić information content (AvgIpc) is 2.55. The number of pyridine rings is 1. The number of nitrogen functional groups attached to an aromatic ring is 1. The molecule has 3 aromatic rings. The number of H-pyrrole nitrogens is 1. The van der Waals surface area contributed by atoms with Gasteiger partial charge >= 0.3 is 0 Å². The van der Waals surface area contributed by atoms with Gasteiger partial charge in [-0.1, -0.05) is 6.07 Å². The Balaban J connectivity index is 1.95. The minimum absolute atomic E-state index is 0.00576. The van der Waals surface area contributed by atoms with Gasteiger partial charge in [0.1, 0.15) is 11.3 Å². The summed E-state index contributed by atoms with van der Waals surface area (Å²) >= 11 is 0. The summed E-state index contributed by atoms with van der Waals surface area (Å²) in [6, 6.07) is 13.5. The number of anilines is 2. The number of methoxy groups -OCH3 is 1. The lowest BCUT2D eigenvalue weighted by Gasteiger charge is -2.07. The molecular weight excluding hydrogens is 294 g/mol. The lowest BCUT2D eigenvalue weighted by atomic mass is 10.1. The first-order valence-corrected chi connectivity index (χ1v) is 6.95. The molecule has 3 rings (SSSR count). The van der Waals surface area contributed by atoms with Gasteiger partial charge < -0.3 is 20.8 Å². The van der Waals surface area contributed by atoms with Gasteiger partial charge in [0.25, 0.3) is 11.5 Å². The largest absolute Gasteiger partial charge is 0.497 e. The zero-order valence-corrected chi connectivity index (χ0v) is 12.4. The summed E-state index contributed by atoms with van der Waals surface area (Å²) in [6.07, 6.45) is 0. The van der Waals surface area contributed by atoms with E-state index in [1.807, 2.05) is 0 Å². The van der Waals surface area contributed by atoms with E-state index >= 15 is 0 Å². The summed E-state index contributed by atoms with van der Waals surface area (Å²) in [4.78, 5) is 27.1. The van der Waals surface area contributed by atoms with E-state index < -0.39 is 11.5 Å². The van der Waals surface area contributed by atoms with Crippen LogP contribution in [0, 0.1) is 0 Å². The van der Waals surface area contributed by atoms with Crippen molar-refractivity contribution in [3.63, 3.8) is 0 Å². The number of rotatable bonds is 3. The number of hydrogen-bond donors (Lipinski definition) is 3. The van der Waals surface area contributed by atoms with Crippen LogP contribution in [-0.2, 0) is 0 Å². The topological polar surface area (TPSA) is 97.2 Å². The van der Waals surface area contributed by atoms with E-state index in [4.69, 9.17) is 10.5 Å². The third-order valence-electron chi connectivity index (χ3n) is 3.51. The number of hydrogen-bond acceptors (Lipinski definition) is 4. The van der Waals surface area contributed by atoms with Crippen LogP contribution in [0.4, 0.5) is 11.4 Å².